The van der Waals surface area contributed by atoms with E-state index in [0.29, 0.717) is 12.1 Å². The fraction of sp³-hybridized carbons (Fsp3) is 0.929. The van der Waals surface area contributed by atoms with Crippen molar-refractivity contribution in [3.63, 3.8) is 0 Å². The lowest BCUT2D eigenvalue weighted by Crippen LogP contribution is -2.45. The van der Waals surface area contributed by atoms with Gasteiger partial charge >= 0.3 is 0 Å². The van der Waals surface area contributed by atoms with E-state index >= 15 is 0 Å². The number of nitrogens with two attached hydrogens (primary N) is 1. The Kier molecular flexibility index (Phi) is 7.82. The van der Waals surface area contributed by atoms with Crippen LogP contribution in [0.4, 0.5) is 0 Å². The molecule has 0 saturated heterocycles. The van der Waals surface area contributed by atoms with Gasteiger partial charge in [0.15, 0.2) is 0 Å². The van der Waals surface area contributed by atoms with E-state index in [-0.39, 0.29) is 0 Å². The highest BCUT2D eigenvalue weighted by Gasteiger charge is 2.15. The van der Waals surface area contributed by atoms with E-state index in [0.717, 1.165) is 25.5 Å². The Morgan fingerprint density at radius 1 is 1.32 bits per heavy atom. The SMILES string of the molecule is CC(C)N(C)CCCCN=C(NN)NC1CCCC1. The summed E-state index contributed by atoms with van der Waals surface area (Å²) < 4.78 is 0. The van der Waals surface area contributed by atoms with Gasteiger partial charge in [-0.1, -0.05) is 12.8 Å². The molecule has 0 aromatic carbocycles. The van der Waals surface area contributed by atoms with Crippen molar-refractivity contribution in [2.45, 2.75) is 64.5 Å². The van der Waals surface area contributed by atoms with Crippen LogP contribution in [0.15, 0.2) is 4.99 Å². The number of aliphatic imine (C=N–C) groups is 1. The van der Waals surface area contributed by atoms with Gasteiger partial charge in [-0.15, -0.1) is 0 Å². The monoisotopic (exact) mass is 269 g/mol. The maximum absolute atomic E-state index is 5.50. The lowest BCUT2D eigenvalue weighted by atomic mass is 10.2. The largest absolute Gasteiger partial charge is 0.353 e. The van der Waals surface area contributed by atoms with Crippen molar-refractivity contribution in [3.8, 4) is 0 Å². The molecule has 0 aromatic heterocycles. The van der Waals surface area contributed by atoms with Gasteiger partial charge in [0.1, 0.15) is 0 Å². The molecular weight excluding hydrogens is 238 g/mol. The van der Waals surface area contributed by atoms with Crippen molar-refractivity contribution in [1.29, 1.82) is 0 Å². The van der Waals surface area contributed by atoms with E-state index in [2.05, 4.69) is 41.5 Å². The van der Waals surface area contributed by atoms with Gasteiger partial charge in [-0.3, -0.25) is 10.4 Å². The predicted octanol–water partition coefficient (Wildman–Crippen LogP) is 1.46. The summed E-state index contributed by atoms with van der Waals surface area (Å²) in [6.07, 6.45) is 7.39. The summed E-state index contributed by atoms with van der Waals surface area (Å²) in [6, 6.07) is 1.18. The summed E-state index contributed by atoms with van der Waals surface area (Å²) in [4.78, 5) is 6.86. The number of unbranched alkanes of at least 4 members (excludes halogenated alkanes) is 1. The van der Waals surface area contributed by atoms with E-state index in [1.165, 1.54) is 32.1 Å². The van der Waals surface area contributed by atoms with Crippen LogP contribution in [0, 0.1) is 0 Å². The van der Waals surface area contributed by atoms with Crippen LogP contribution in [-0.2, 0) is 0 Å². The molecule has 0 aromatic rings. The van der Waals surface area contributed by atoms with Gasteiger partial charge in [0.05, 0.1) is 0 Å². The molecule has 4 N–H and O–H groups in total. The Hall–Kier alpha value is -0.810. The fourth-order valence-corrected chi connectivity index (χ4v) is 2.32. The highest BCUT2D eigenvalue weighted by Crippen LogP contribution is 2.17. The van der Waals surface area contributed by atoms with Crippen LogP contribution in [0.2, 0.25) is 0 Å². The van der Waals surface area contributed by atoms with E-state index < -0.39 is 0 Å². The summed E-state index contributed by atoms with van der Waals surface area (Å²) in [5.41, 5.74) is 2.68. The number of hydrogen-bond acceptors (Lipinski definition) is 3. The highest BCUT2D eigenvalue weighted by atomic mass is 15.3. The second-order valence-electron chi connectivity index (χ2n) is 5.78. The molecule has 0 aliphatic heterocycles. The van der Waals surface area contributed by atoms with Crippen molar-refractivity contribution in [3.05, 3.63) is 0 Å². The minimum atomic E-state index is 0.557. The lowest BCUT2D eigenvalue weighted by Gasteiger charge is -2.20. The summed E-state index contributed by atoms with van der Waals surface area (Å²) >= 11 is 0. The van der Waals surface area contributed by atoms with Crippen LogP contribution >= 0.6 is 0 Å². The molecule has 0 unspecified atom stereocenters. The molecular formula is C14H31N5. The molecule has 0 amide bonds. The van der Waals surface area contributed by atoms with Gasteiger partial charge in [0, 0.05) is 18.6 Å². The molecule has 1 rings (SSSR count). The first-order valence-corrected chi connectivity index (χ1v) is 7.61. The molecule has 1 saturated carbocycles. The van der Waals surface area contributed by atoms with Crippen molar-refractivity contribution < 1.29 is 0 Å². The van der Waals surface area contributed by atoms with Gasteiger partial charge in [-0.05, 0) is 53.1 Å². The van der Waals surface area contributed by atoms with E-state index in [9.17, 15) is 0 Å². The van der Waals surface area contributed by atoms with Gasteiger partial charge in [0.25, 0.3) is 0 Å². The third kappa shape index (κ3) is 6.78. The Labute approximate surface area is 118 Å². The zero-order valence-corrected chi connectivity index (χ0v) is 12.8. The third-order valence-electron chi connectivity index (χ3n) is 3.90. The average Bonchev–Trinajstić information content (AvgIpc) is 2.89. The highest BCUT2D eigenvalue weighted by molar-refractivity contribution is 5.79. The van der Waals surface area contributed by atoms with E-state index in [1.807, 2.05) is 0 Å². The molecule has 1 aliphatic carbocycles. The number of hydrazine groups is 1. The average molecular weight is 269 g/mol. The maximum Gasteiger partial charge on any atom is 0.205 e. The van der Waals surface area contributed by atoms with Gasteiger partial charge in [-0.2, -0.15) is 0 Å². The Bertz CT molecular complexity index is 259. The molecule has 0 atom stereocenters. The molecule has 0 bridgehead atoms. The molecule has 1 aliphatic rings. The molecule has 0 heterocycles. The Morgan fingerprint density at radius 3 is 2.58 bits per heavy atom. The molecule has 0 radical (unpaired) electrons. The zero-order chi connectivity index (χ0) is 14.1. The van der Waals surface area contributed by atoms with Crippen LogP contribution in [0.5, 0.6) is 0 Å². The third-order valence-corrected chi connectivity index (χ3v) is 3.90. The van der Waals surface area contributed by atoms with Gasteiger partial charge in [0.2, 0.25) is 5.96 Å². The van der Waals surface area contributed by atoms with Crippen molar-refractivity contribution >= 4 is 5.96 Å². The van der Waals surface area contributed by atoms with Crippen LogP contribution in [0.1, 0.15) is 52.4 Å². The second kappa shape index (κ2) is 9.15. The second-order valence-corrected chi connectivity index (χ2v) is 5.78. The van der Waals surface area contributed by atoms with Crippen molar-refractivity contribution in [2.75, 3.05) is 20.1 Å². The lowest BCUT2D eigenvalue weighted by molar-refractivity contribution is 0.269. The molecule has 0 spiro atoms. The number of nitrogens with one attached hydrogen (secondary N) is 2. The van der Waals surface area contributed by atoms with Crippen LogP contribution in [-0.4, -0.2) is 43.1 Å². The molecule has 5 nitrogen and oxygen atoms in total. The summed E-state index contributed by atoms with van der Waals surface area (Å²) in [5, 5.41) is 3.39. The summed E-state index contributed by atoms with van der Waals surface area (Å²) in [7, 11) is 2.17. The predicted molar refractivity (Wildman–Crippen MR) is 82.0 cm³/mol. The summed E-state index contributed by atoms with van der Waals surface area (Å²) in [5.74, 6) is 6.26. The maximum atomic E-state index is 5.50. The fourth-order valence-electron chi connectivity index (χ4n) is 2.32. The smallest absolute Gasteiger partial charge is 0.205 e. The molecule has 112 valence electrons. The number of nitrogens with zero attached hydrogens (tertiary/aromatic N) is 2. The van der Waals surface area contributed by atoms with Crippen molar-refractivity contribution in [2.24, 2.45) is 10.8 Å². The Balaban J connectivity index is 2.14. The zero-order valence-electron chi connectivity index (χ0n) is 12.8. The number of guanidine groups is 1. The Morgan fingerprint density at radius 2 is 2.00 bits per heavy atom. The first-order chi connectivity index (χ1) is 9.13. The van der Waals surface area contributed by atoms with Crippen LogP contribution in [0.25, 0.3) is 0 Å². The number of hydrogen-bond donors (Lipinski definition) is 3. The first kappa shape index (κ1) is 16.2. The minimum absolute atomic E-state index is 0.557. The standard InChI is InChI=1S/C14H31N5/c1-12(2)19(3)11-7-6-10-16-14(18-15)17-13-8-4-5-9-13/h12-13H,4-11,15H2,1-3H3,(H2,16,17,18). The quantitative estimate of drug-likeness (QED) is 0.215. The molecule has 1 fully saturated rings. The van der Waals surface area contributed by atoms with E-state index in [1.54, 1.807) is 0 Å². The van der Waals surface area contributed by atoms with Gasteiger partial charge < -0.3 is 10.2 Å². The molecule has 5 heteroatoms. The topological polar surface area (TPSA) is 65.7 Å². The minimum Gasteiger partial charge on any atom is -0.353 e. The summed E-state index contributed by atoms with van der Waals surface area (Å²) in [6.45, 7) is 6.42. The normalized spacial score (nSPS) is 17.5. The van der Waals surface area contributed by atoms with Crippen LogP contribution in [0.3, 0.4) is 0 Å². The van der Waals surface area contributed by atoms with Crippen LogP contribution < -0.4 is 16.6 Å². The molecule has 19 heavy (non-hydrogen) atoms. The number of rotatable bonds is 7. The van der Waals surface area contributed by atoms with E-state index in [4.69, 9.17) is 5.84 Å². The van der Waals surface area contributed by atoms with Crippen molar-refractivity contribution in [1.82, 2.24) is 15.6 Å². The van der Waals surface area contributed by atoms with Gasteiger partial charge in [-0.25, -0.2) is 5.84 Å². The first-order valence-electron chi connectivity index (χ1n) is 7.61.